The summed E-state index contributed by atoms with van der Waals surface area (Å²) in [6.07, 6.45) is 0.875. The Bertz CT molecular complexity index is 398. The minimum Gasteiger partial charge on any atom is -0.394 e. The van der Waals surface area contributed by atoms with Crippen molar-refractivity contribution in [1.82, 2.24) is 5.32 Å². The van der Waals surface area contributed by atoms with Crippen molar-refractivity contribution in [1.29, 1.82) is 0 Å². The number of benzene rings is 1. The highest BCUT2D eigenvalue weighted by atomic mass is 19.1. The Morgan fingerprint density at radius 1 is 1.59 bits per heavy atom. The van der Waals surface area contributed by atoms with Crippen molar-refractivity contribution in [2.45, 2.75) is 19.4 Å². The van der Waals surface area contributed by atoms with Gasteiger partial charge < -0.3 is 10.4 Å². The number of nitrogens with zero attached hydrogens (tertiary/aromatic N) is 1. The minimum absolute atomic E-state index is 0.192. The molecular formula is C11H15FN2O3. The second-order valence-electron chi connectivity index (χ2n) is 3.66. The van der Waals surface area contributed by atoms with Gasteiger partial charge in [0.05, 0.1) is 17.6 Å². The summed E-state index contributed by atoms with van der Waals surface area (Å²) < 4.78 is 13.1. The number of aliphatic hydroxyl groups is 1. The average molecular weight is 242 g/mol. The van der Waals surface area contributed by atoms with E-state index in [9.17, 15) is 19.6 Å². The summed E-state index contributed by atoms with van der Waals surface area (Å²) in [6, 6.07) is 3.23. The molecule has 0 saturated heterocycles. The van der Waals surface area contributed by atoms with Gasteiger partial charge in [0, 0.05) is 6.07 Å². The molecule has 0 heterocycles. The highest BCUT2D eigenvalue weighted by molar-refractivity contribution is 5.37. The van der Waals surface area contributed by atoms with Crippen LogP contribution in [0.2, 0.25) is 0 Å². The van der Waals surface area contributed by atoms with Gasteiger partial charge in [0.15, 0.2) is 0 Å². The van der Waals surface area contributed by atoms with Gasteiger partial charge in [0.2, 0.25) is 5.82 Å². The van der Waals surface area contributed by atoms with Gasteiger partial charge in [-0.25, -0.2) is 0 Å². The lowest BCUT2D eigenvalue weighted by Gasteiger charge is -2.15. The second-order valence-corrected chi connectivity index (χ2v) is 3.66. The molecule has 0 spiro atoms. The van der Waals surface area contributed by atoms with Crippen molar-refractivity contribution in [3.8, 4) is 0 Å². The van der Waals surface area contributed by atoms with Crippen molar-refractivity contribution in [2.75, 3.05) is 13.2 Å². The topological polar surface area (TPSA) is 75.4 Å². The van der Waals surface area contributed by atoms with E-state index >= 15 is 0 Å². The van der Waals surface area contributed by atoms with E-state index in [1.165, 1.54) is 6.07 Å². The van der Waals surface area contributed by atoms with Gasteiger partial charge in [-0.15, -0.1) is 0 Å². The van der Waals surface area contributed by atoms with E-state index in [-0.39, 0.29) is 6.61 Å². The lowest BCUT2D eigenvalue weighted by molar-refractivity contribution is -0.387. The van der Waals surface area contributed by atoms with E-state index < -0.39 is 22.5 Å². The largest absolute Gasteiger partial charge is 0.394 e. The Morgan fingerprint density at radius 2 is 2.29 bits per heavy atom. The van der Waals surface area contributed by atoms with Gasteiger partial charge in [-0.1, -0.05) is 13.0 Å². The fourth-order valence-corrected chi connectivity index (χ4v) is 1.49. The molecule has 0 aliphatic rings. The molecule has 17 heavy (non-hydrogen) atoms. The standard InChI is InChI=1S/C11H15FN2O3/c1-2-5-13-10(7-15)8-3-4-9(12)11(6-8)14(16)17/h3-4,6,10,13,15H,2,5,7H2,1H3. The number of nitro groups is 1. The van der Waals surface area contributed by atoms with Gasteiger partial charge >= 0.3 is 5.69 Å². The average Bonchev–Trinajstić information content (AvgIpc) is 2.31. The molecule has 0 saturated carbocycles. The maximum Gasteiger partial charge on any atom is 0.305 e. The van der Waals surface area contributed by atoms with Crippen LogP contribution in [0.1, 0.15) is 24.9 Å². The Hall–Kier alpha value is -1.53. The Balaban J connectivity index is 2.96. The van der Waals surface area contributed by atoms with Gasteiger partial charge in [-0.3, -0.25) is 10.1 Å². The Morgan fingerprint density at radius 3 is 2.82 bits per heavy atom. The molecule has 1 rings (SSSR count). The molecule has 0 bridgehead atoms. The molecule has 0 aliphatic heterocycles. The number of halogens is 1. The molecule has 0 fully saturated rings. The monoisotopic (exact) mass is 242 g/mol. The van der Waals surface area contributed by atoms with E-state index in [4.69, 9.17) is 0 Å². The Kier molecular flexibility index (Phi) is 4.99. The molecule has 0 amide bonds. The molecule has 2 N–H and O–H groups in total. The first kappa shape index (κ1) is 13.5. The molecule has 1 aromatic carbocycles. The zero-order valence-corrected chi connectivity index (χ0v) is 9.52. The molecule has 5 nitrogen and oxygen atoms in total. The zero-order valence-electron chi connectivity index (χ0n) is 9.52. The molecule has 94 valence electrons. The number of hydrogen-bond donors (Lipinski definition) is 2. The summed E-state index contributed by atoms with van der Waals surface area (Å²) in [5.41, 5.74) is -0.0618. The van der Waals surface area contributed by atoms with Crippen molar-refractivity contribution in [2.24, 2.45) is 0 Å². The van der Waals surface area contributed by atoms with Crippen LogP contribution >= 0.6 is 0 Å². The quantitative estimate of drug-likeness (QED) is 0.588. The summed E-state index contributed by atoms with van der Waals surface area (Å²) in [4.78, 5) is 9.81. The highest BCUT2D eigenvalue weighted by Gasteiger charge is 2.18. The number of hydrogen-bond acceptors (Lipinski definition) is 4. The van der Waals surface area contributed by atoms with Crippen LogP contribution in [0.5, 0.6) is 0 Å². The first-order valence-corrected chi connectivity index (χ1v) is 5.38. The van der Waals surface area contributed by atoms with Crippen LogP contribution in [-0.2, 0) is 0 Å². The summed E-state index contributed by atoms with van der Waals surface area (Å²) in [5, 5.41) is 22.8. The van der Waals surface area contributed by atoms with E-state index in [2.05, 4.69) is 5.32 Å². The fourth-order valence-electron chi connectivity index (χ4n) is 1.49. The van der Waals surface area contributed by atoms with Crippen LogP contribution in [0, 0.1) is 15.9 Å². The number of aliphatic hydroxyl groups excluding tert-OH is 1. The third-order valence-electron chi connectivity index (χ3n) is 2.39. The third-order valence-corrected chi connectivity index (χ3v) is 2.39. The zero-order chi connectivity index (χ0) is 12.8. The predicted octanol–water partition coefficient (Wildman–Crippen LogP) is 1.77. The first-order chi connectivity index (χ1) is 8.10. The molecule has 1 unspecified atom stereocenters. The fraction of sp³-hybridized carbons (Fsp3) is 0.455. The number of rotatable bonds is 6. The summed E-state index contributed by atoms with van der Waals surface area (Å²) in [5.74, 6) is -0.870. The van der Waals surface area contributed by atoms with Crippen molar-refractivity contribution in [3.63, 3.8) is 0 Å². The first-order valence-electron chi connectivity index (χ1n) is 5.38. The van der Waals surface area contributed by atoms with Gasteiger partial charge in [-0.2, -0.15) is 4.39 Å². The highest BCUT2D eigenvalue weighted by Crippen LogP contribution is 2.22. The second kappa shape index (κ2) is 6.27. The molecule has 0 aliphatic carbocycles. The maximum atomic E-state index is 13.1. The van der Waals surface area contributed by atoms with Crippen molar-refractivity contribution in [3.05, 3.63) is 39.7 Å². The smallest absolute Gasteiger partial charge is 0.305 e. The SMILES string of the molecule is CCCNC(CO)c1ccc(F)c([N+](=O)[O-])c1. The lowest BCUT2D eigenvalue weighted by Crippen LogP contribution is -2.25. The van der Waals surface area contributed by atoms with Crippen LogP contribution in [0.15, 0.2) is 18.2 Å². The molecule has 0 radical (unpaired) electrons. The molecule has 1 atom stereocenters. The van der Waals surface area contributed by atoms with Crippen molar-refractivity contribution >= 4 is 5.69 Å². The van der Waals surface area contributed by atoms with Gasteiger partial charge in [-0.05, 0) is 24.6 Å². The van der Waals surface area contributed by atoms with Crippen LogP contribution in [0.25, 0.3) is 0 Å². The lowest BCUT2D eigenvalue weighted by atomic mass is 10.1. The molecular weight excluding hydrogens is 227 g/mol. The summed E-state index contributed by atoms with van der Waals surface area (Å²) >= 11 is 0. The summed E-state index contributed by atoms with van der Waals surface area (Å²) in [7, 11) is 0. The van der Waals surface area contributed by atoms with E-state index in [1.54, 1.807) is 0 Å². The van der Waals surface area contributed by atoms with Crippen LogP contribution < -0.4 is 5.32 Å². The van der Waals surface area contributed by atoms with Crippen LogP contribution in [0.3, 0.4) is 0 Å². The summed E-state index contributed by atoms with van der Waals surface area (Å²) in [6.45, 7) is 2.45. The molecule has 0 aromatic heterocycles. The van der Waals surface area contributed by atoms with Crippen LogP contribution in [-0.4, -0.2) is 23.2 Å². The maximum absolute atomic E-state index is 13.1. The van der Waals surface area contributed by atoms with E-state index in [0.29, 0.717) is 12.1 Å². The molecule has 6 heteroatoms. The molecule has 1 aromatic rings. The van der Waals surface area contributed by atoms with Gasteiger partial charge in [0.1, 0.15) is 0 Å². The third kappa shape index (κ3) is 3.47. The number of nitrogens with one attached hydrogen (secondary N) is 1. The van der Waals surface area contributed by atoms with E-state index in [1.807, 2.05) is 6.92 Å². The minimum atomic E-state index is -0.870. The normalized spacial score (nSPS) is 12.4. The van der Waals surface area contributed by atoms with Crippen LogP contribution in [0.4, 0.5) is 10.1 Å². The van der Waals surface area contributed by atoms with E-state index in [0.717, 1.165) is 18.6 Å². The van der Waals surface area contributed by atoms with Gasteiger partial charge in [0.25, 0.3) is 0 Å². The Labute approximate surface area is 98.4 Å². The number of nitro benzene ring substituents is 1. The predicted molar refractivity (Wildman–Crippen MR) is 61.2 cm³/mol. The van der Waals surface area contributed by atoms with Crippen molar-refractivity contribution < 1.29 is 14.4 Å².